The van der Waals surface area contributed by atoms with E-state index in [0.29, 0.717) is 6.54 Å². The van der Waals surface area contributed by atoms with E-state index in [-0.39, 0.29) is 24.2 Å². The molecular formula is C13H13N3O3. The van der Waals surface area contributed by atoms with Gasteiger partial charge in [0.1, 0.15) is 0 Å². The zero-order valence-corrected chi connectivity index (χ0v) is 10.4. The normalized spacial score (nSPS) is 19.1. The molecule has 1 aromatic heterocycles. The molecule has 6 heteroatoms. The van der Waals surface area contributed by atoms with Gasteiger partial charge in [0.2, 0.25) is 5.91 Å². The molecule has 1 aliphatic rings. The Morgan fingerprint density at radius 1 is 1.53 bits per heavy atom. The van der Waals surface area contributed by atoms with Gasteiger partial charge in [0.25, 0.3) is 0 Å². The summed E-state index contributed by atoms with van der Waals surface area (Å²) in [7, 11) is 1.34. The van der Waals surface area contributed by atoms with Crippen molar-refractivity contribution >= 4 is 28.5 Å². The van der Waals surface area contributed by atoms with Crippen molar-refractivity contribution in [3.8, 4) is 0 Å². The van der Waals surface area contributed by atoms with E-state index < -0.39 is 0 Å². The average molecular weight is 259 g/mol. The van der Waals surface area contributed by atoms with Crippen LogP contribution in [0.4, 0.5) is 5.69 Å². The highest BCUT2D eigenvalue weighted by Crippen LogP contribution is 2.27. The number of hydrogen-bond acceptors (Lipinski definition) is 4. The molecule has 6 nitrogen and oxygen atoms in total. The van der Waals surface area contributed by atoms with Crippen LogP contribution in [0.5, 0.6) is 0 Å². The molecule has 1 saturated heterocycles. The molecule has 1 fully saturated rings. The first kappa shape index (κ1) is 11.7. The molecule has 1 aromatic carbocycles. The number of anilines is 1. The van der Waals surface area contributed by atoms with Gasteiger partial charge in [-0.2, -0.15) is 5.10 Å². The predicted molar refractivity (Wildman–Crippen MR) is 68.6 cm³/mol. The van der Waals surface area contributed by atoms with Gasteiger partial charge in [-0.05, 0) is 18.2 Å². The molecule has 0 aliphatic carbocycles. The fraction of sp³-hybridized carbons (Fsp3) is 0.308. The number of fused-ring (bicyclic) bond motifs is 1. The molecule has 3 rings (SSSR count). The number of H-pyrrole nitrogens is 1. The van der Waals surface area contributed by atoms with Gasteiger partial charge < -0.3 is 9.64 Å². The Hall–Kier alpha value is -2.37. The van der Waals surface area contributed by atoms with Crippen molar-refractivity contribution in [2.75, 3.05) is 18.6 Å². The molecule has 0 saturated carbocycles. The molecule has 19 heavy (non-hydrogen) atoms. The third kappa shape index (κ3) is 1.95. The Morgan fingerprint density at radius 2 is 2.37 bits per heavy atom. The SMILES string of the molecule is COC(=O)C1CC(=O)N(c2ccc3[nH]ncc3c2)C1. The Labute approximate surface area is 109 Å². The number of benzene rings is 1. The summed E-state index contributed by atoms with van der Waals surface area (Å²) < 4.78 is 4.69. The van der Waals surface area contributed by atoms with E-state index in [1.807, 2.05) is 18.2 Å². The molecule has 1 aliphatic heterocycles. The highest BCUT2D eigenvalue weighted by atomic mass is 16.5. The lowest BCUT2D eigenvalue weighted by Gasteiger charge is -2.16. The zero-order valence-electron chi connectivity index (χ0n) is 10.4. The van der Waals surface area contributed by atoms with Gasteiger partial charge in [0, 0.05) is 24.0 Å². The minimum atomic E-state index is -0.377. The van der Waals surface area contributed by atoms with Crippen LogP contribution in [0.25, 0.3) is 10.9 Å². The number of aromatic amines is 1. The summed E-state index contributed by atoms with van der Waals surface area (Å²) in [6.07, 6.45) is 1.91. The van der Waals surface area contributed by atoms with E-state index in [4.69, 9.17) is 4.74 Å². The Bertz CT molecular complexity index is 649. The third-order valence-corrected chi connectivity index (χ3v) is 3.40. The summed E-state index contributed by atoms with van der Waals surface area (Å²) in [5.74, 6) is -0.768. The fourth-order valence-corrected chi connectivity index (χ4v) is 2.38. The van der Waals surface area contributed by atoms with Crippen molar-refractivity contribution in [3.05, 3.63) is 24.4 Å². The highest BCUT2D eigenvalue weighted by Gasteiger charge is 2.35. The molecule has 1 amide bonds. The quantitative estimate of drug-likeness (QED) is 0.819. The molecule has 0 radical (unpaired) electrons. The van der Waals surface area contributed by atoms with Crippen LogP contribution in [0.2, 0.25) is 0 Å². The Kier molecular flexibility index (Phi) is 2.70. The number of carbonyl (C=O) groups excluding carboxylic acids is 2. The first-order valence-electron chi connectivity index (χ1n) is 6.00. The minimum absolute atomic E-state index is 0.0572. The van der Waals surface area contributed by atoms with Crippen LogP contribution >= 0.6 is 0 Å². The third-order valence-electron chi connectivity index (χ3n) is 3.40. The van der Waals surface area contributed by atoms with Crippen LogP contribution in [0.15, 0.2) is 24.4 Å². The number of carbonyl (C=O) groups is 2. The van der Waals surface area contributed by atoms with Crippen molar-refractivity contribution < 1.29 is 14.3 Å². The van der Waals surface area contributed by atoms with Gasteiger partial charge in [0.15, 0.2) is 0 Å². The summed E-state index contributed by atoms with van der Waals surface area (Å²) in [4.78, 5) is 25.1. The number of amides is 1. The van der Waals surface area contributed by atoms with Crippen molar-refractivity contribution in [2.24, 2.45) is 5.92 Å². The topological polar surface area (TPSA) is 75.3 Å². The standard InChI is InChI=1S/C13H13N3O3/c1-19-13(18)9-5-12(17)16(7-9)10-2-3-11-8(4-10)6-14-15-11/h2-4,6,9H,5,7H2,1H3,(H,14,15). The second kappa shape index (κ2) is 4.38. The van der Waals surface area contributed by atoms with Gasteiger partial charge in [-0.25, -0.2) is 0 Å². The zero-order chi connectivity index (χ0) is 13.4. The summed E-state index contributed by atoms with van der Waals surface area (Å²) in [5.41, 5.74) is 1.70. The van der Waals surface area contributed by atoms with Crippen LogP contribution in [0, 0.1) is 5.92 Å². The second-order valence-corrected chi connectivity index (χ2v) is 4.57. The van der Waals surface area contributed by atoms with Crippen molar-refractivity contribution in [3.63, 3.8) is 0 Å². The maximum atomic E-state index is 12.0. The number of hydrogen-bond donors (Lipinski definition) is 1. The second-order valence-electron chi connectivity index (χ2n) is 4.57. The number of aromatic nitrogens is 2. The van der Waals surface area contributed by atoms with Crippen LogP contribution in [-0.4, -0.2) is 35.7 Å². The largest absolute Gasteiger partial charge is 0.469 e. The Morgan fingerprint density at radius 3 is 3.16 bits per heavy atom. The summed E-state index contributed by atoms with van der Waals surface area (Å²) in [6.45, 7) is 0.370. The monoisotopic (exact) mass is 259 g/mol. The first-order chi connectivity index (χ1) is 9.19. The summed E-state index contributed by atoms with van der Waals surface area (Å²) in [6, 6.07) is 5.60. The maximum absolute atomic E-state index is 12.0. The van der Waals surface area contributed by atoms with E-state index in [1.165, 1.54) is 7.11 Å². The maximum Gasteiger partial charge on any atom is 0.311 e. The van der Waals surface area contributed by atoms with E-state index in [0.717, 1.165) is 16.6 Å². The Balaban J connectivity index is 1.89. The van der Waals surface area contributed by atoms with Gasteiger partial charge in [-0.15, -0.1) is 0 Å². The number of nitrogens with one attached hydrogen (secondary N) is 1. The number of nitrogens with zero attached hydrogens (tertiary/aromatic N) is 2. The lowest BCUT2D eigenvalue weighted by molar-refractivity contribution is -0.145. The average Bonchev–Trinajstić information content (AvgIpc) is 3.03. The lowest BCUT2D eigenvalue weighted by Crippen LogP contribution is -2.26. The predicted octanol–water partition coefficient (Wildman–Crippen LogP) is 1.09. The molecule has 1 unspecified atom stereocenters. The number of rotatable bonds is 2. The molecule has 2 heterocycles. The van der Waals surface area contributed by atoms with Crippen molar-refractivity contribution in [1.29, 1.82) is 0 Å². The smallest absolute Gasteiger partial charge is 0.311 e. The van der Waals surface area contributed by atoms with Gasteiger partial charge in [-0.1, -0.05) is 0 Å². The van der Waals surface area contributed by atoms with E-state index >= 15 is 0 Å². The van der Waals surface area contributed by atoms with Crippen LogP contribution < -0.4 is 4.90 Å². The molecule has 2 aromatic rings. The molecule has 98 valence electrons. The lowest BCUT2D eigenvalue weighted by atomic mass is 10.1. The van der Waals surface area contributed by atoms with E-state index in [9.17, 15) is 9.59 Å². The molecule has 1 atom stereocenters. The molecular weight excluding hydrogens is 246 g/mol. The fourth-order valence-electron chi connectivity index (χ4n) is 2.38. The van der Waals surface area contributed by atoms with Gasteiger partial charge in [-0.3, -0.25) is 14.7 Å². The number of methoxy groups -OCH3 is 1. The minimum Gasteiger partial charge on any atom is -0.469 e. The van der Waals surface area contributed by atoms with Crippen LogP contribution in [0.1, 0.15) is 6.42 Å². The van der Waals surface area contributed by atoms with Crippen LogP contribution in [-0.2, 0) is 14.3 Å². The van der Waals surface area contributed by atoms with Gasteiger partial charge >= 0.3 is 5.97 Å². The highest BCUT2D eigenvalue weighted by molar-refractivity contribution is 6.00. The van der Waals surface area contributed by atoms with Crippen molar-refractivity contribution in [1.82, 2.24) is 10.2 Å². The number of esters is 1. The van der Waals surface area contributed by atoms with Gasteiger partial charge in [0.05, 0.1) is 24.7 Å². The number of ether oxygens (including phenoxy) is 1. The van der Waals surface area contributed by atoms with E-state index in [2.05, 4.69) is 10.2 Å². The van der Waals surface area contributed by atoms with E-state index in [1.54, 1.807) is 11.1 Å². The molecule has 0 bridgehead atoms. The summed E-state index contributed by atoms with van der Waals surface area (Å²) >= 11 is 0. The van der Waals surface area contributed by atoms with Crippen LogP contribution in [0.3, 0.4) is 0 Å². The molecule has 1 N–H and O–H groups in total. The molecule has 0 spiro atoms. The first-order valence-corrected chi connectivity index (χ1v) is 6.00. The summed E-state index contributed by atoms with van der Waals surface area (Å²) in [5, 5.41) is 7.74. The van der Waals surface area contributed by atoms with Crippen molar-refractivity contribution in [2.45, 2.75) is 6.42 Å².